The molecule has 164 valence electrons. The van der Waals surface area contributed by atoms with Crippen molar-refractivity contribution in [3.05, 3.63) is 51.0 Å². The Bertz CT molecular complexity index is 1110. The Hall–Kier alpha value is -2.97. The highest BCUT2D eigenvalue weighted by Gasteiger charge is 2.59. The normalized spacial score (nSPS) is 27.7. The first kappa shape index (κ1) is 21.3. The first-order chi connectivity index (χ1) is 14.6. The maximum Gasteiger partial charge on any atom is 0.209 e. The van der Waals surface area contributed by atoms with Gasteiger partial charge in [-0.3, -0.25) is 14.4 Å². The molecule has 0 saturated heterocycles. The minimum absolute atomic E-state index is 0.0447. The molecule has 31 heavy (non-hydrogen) atoms. The Morgan fingerprint density at radius 3 is 2.42 bits per heavy atom. The summed E-state index contributed by atoms with van der Waals surface area (Å²) in [6.07, 6.45) is 0.792. The lowest BCUT2D eigenvalue weighted by molar-refractivity contribution is -0.144. The molecule has 3 aliphatic rings. The van der Waals surface area contributed by atoms with Crippen LogP contribution in [0, 0.1) is 11.8 Å². The van der Waals surface area contributed by atoms with Gasteiger partial charge in [0, 0.05) is 23.5 Å². The molecular formula is C23H24O8. The summed E-state index contributed by atoms with van der Waals surface area (Å²) in [5, 5.41) is 52.6. The second-order valence-electron chi connectivity index (χ2n) is 8.51. The van der Waals surface area contributed by atoms with Crippen molar-refractivity contribution in [2.45, 2.75) is 51.7 Å². The topological polar surface area (TPSA) is 152 Å². The van der Waals surface area contributed by atoms with Crippen molar-refractivity contribution in [2.75, 3.05) is 0 Å². The van der Waals surface area contributed by atoms with Crippen LogP contribution in [0.3, 0.4) is 0 Å². The third-order valence-corrected chi connectivity index (χ3v) is 6.89. The van der Waals surface area contributed by atoms with E-state index in [-0.39, 0.29) is 41.7 Å². The van der Waals surface area contributed by atoms with Gasteiger partial charge in [-0.2, -0.15) is 0 Å². The van der Waals surface area contributed by atoms with E-state index in [2.05, 4.69) is 0 Å². The van der Waals surface area contributed by atoms with Crippen molar-refractivity contribution in [3.63, 3.8) is 0 Å². The molecule has 8 nitrogen and oxygen atoms in total. The molecule has 0 amide bonds. The summed E-state index contributed by atoms with van der Waals surface area (Å²) in [5.74, 6) is -5.65. The summed E-state index contributed by atoms with van der Waals surface area (Å²) in [6, 6.07) is 1.65. The number of carbonyl (C=O) groups excluding carboxylic acids is 3. The van der Waals surface area contributed by atoms with E-state index in [9.17, 15) is 39.9 Å². The third-order valence-electron chi connectivity index (χ3n) is 6.89. The van der Waals surface area contributed by atoms with Crippen molar-refractivity contribution in [3.8, 4) is 5.75 Å². The maximum absolute atomic E-state index is 13.4. The zero-order chi connectivity index (χ0) is 22.8. The van der Waals surface area contributed by atoms with Gasteiger partial charge in [0.05, 0.1) is 12.2 Å². The van der Waals surface area contributed by atoms with Crippen LogP contribution in [0.1, 0.15) is 53.7 Å². The fraction of sp³-hybridized carbons (Fsp3) is 0.435. The largest absolute Gasteiger partial charge is 0.511 e. The fourth-order valence-electron chi connectivity index (χ4n) is 5.37. The molecule has 3 aliphatic carbocycles. The minimum atomic E-state index is -2.50. The molecule has 1 aromatic rings. The fourth-order valence-corrected chi connectivity index (χ4v) is 5.37. The molecule has 0 saturated carbocycles. The molecule has 4 rings (SSSR count). The van der Waals surface area contributed by atoms with E-state index in [1.54, 1.807) is 6.07 Å². The van der Waals surface area contributed by atoms with E-state index in [4.69, 9.17) is 0 Å². The molecule has 0 unspecified atom stereocenters. The van der Waals surface area contributed by atoms with Gasteiger partial charge in [0.1, 0.15) is 22.8 Å². The quantitative estimate of drug-likeness (QED) is 0.457. The predicted octanol–water partition coefficient (Wildman–Crippen LogP) is 1.74. The second kappa shape index (κ2) is 7.03. The molecular weight excluding hydrogens is 404 g/mol. The van der Waals surface area contributed by atoms with Gasteiger partial charge in [0.15, 0.2) is 17.2 Å². The molecule has 0 heterocycles. The number of phenols is 1. The highest BCUT2D eigenvalue weighted by Crippen LogP contribution is 2.52. The van der Waals surface area contributed by atoms with Crippen molar-refractivity contribution < 1.29 is 39.9 Å². The number of hydrogen-bond donors (Lipinski definition) is 5. The summed E-state index contributed by atoms with van der Waals surface area (Å²) in [7, 11) is 0. The van der Waals surface area contributed by atoms with Gasteiger partial charge in [-0.05, 0) is 49.3 Å². The average molecular weight is 428 g/mol. The molecule has 3 atom stereocenters. The van der Waals surface area contributed by atoms with Crippen molar-refractivity contribution >= 4 is 17.3 Å². The van der Waals surface area contributed by atoms with Crippen LogP contribution in [0.25, 0.3) is 0 Å². The highest BCUT2D eigenvalue weighted by atomic mass is 16.3. The van der Waals surface area contributed by atoms with E-state index in [0.717, 1.165) is 12.5 Å². The van der Waals surface area contributed by atoms with Crippen LogP contribution < -0.4 is 0 Å². The smallest absolute Gasteiger partial charge is 0.209 e. The number of aromatic hydroxyl groups is 1. The first-order valence-electron chi connectivity index (χ1n) is 10.2. The van der Waals surface area contributed by atoms with Gasteiger partial charge < -0.3 is 25.5 Å². The lowest BCUT2D eigenvalue weighted by Crippen LogP contribution is -2.56. The minimum Gasteiger partial charge on any atom is -0.511 e. The number of rotatable bonds is 3. The van der Waals surface area contributed by atoms with Gasteiger partial charge in [-0.1, -0.05) is 6.92 Å². The standard InChI is InChI=1S/C23H24O8/c1-3-10-4-12(8-24)19(27)18-14(10)6-11-5-13-7-15(26)16(9(2)25)21(29)23(13,31)22(30)17(11)20(18)28/h4,11,13,24,26-27,30-31H,3,5-8H2,1-2H3/t11-,13+,23-/m1/s1. The number of aryl methyl sites for hydroxylation is 1. The molecule has 0 spiro atoms. The number of benzene rings is 1. The van der Waals surface area contributed by atoms with E-state index in [0.29, 0.717) is 12.0 Å². The van der Waals surface area contributed by atoms with Crippen molar-refractivity contribution in [1.82, 2.24) is 0 Å². The van der Waals surface area contributed by atoms with Gasteiger partial charge in [-0.25, -0.2) is 0 Å². The van der Waals surface area contributed by atoms with Crippen LogP contribution in [-0.4, -0.2) is 48.5 Å². The number of aliphatic hydroxyl groups excluding tert-OH is 3. The molecule has 0 radical (unpaired) electrons. The molecule has 0 fully saturated rings. The lowest BCUT2D eigenvalue weighted by Gasteiger charge is -2.45. The van der Waals surface area contributed by atoms with E-state index in [1.807, 2.05) is 6.92 Å². The number of fused-ring (bicyclic) bond motifs is 3. The van der Waals surface area contributed by atoms with Crippen LogP contribution in [0.5, 0.6) is 5.75 Å². The highest BCUT2D eigenvalue weighted by molar-refractivity contribution is 6.25. The number of ketones is 3. The van der Waals surface area contributed by atoms with Crippen LogP contribution in [0.2, 0.25) is 0 Å². The Kier molecular flexibility index (Phi) is 4.83. The van der Waals surface area contributed by atoms with Crippen LogP contribution in [0.15, 0.2) is 28.7 Å². The van der Waals surface area contributed by atoms with Crippen LogP contribution in [-0.2, 0) is 29.0 Å². The van der Waals surface area contributed by atoms with Crippen LogP contribution >= 0.6 is 0 Å². The number of Topliss-reactive ketones (excluding diaryl/α,β-unsaturated/α-hetero) is 3. The number of carbonyl (C=O) groups is 3. The molecule has 0 aromatic heterocycles. The number of allylic oxidation sites excluding steroid dienone is 2. The first-order valence-corrected chi connectivity index (χ1v) is 10.2. The monoisotopic (exact) mass is 428 g/mol. The van der Waals surface area contributed by atoms with Gasteiger partial charge >= 0.3 is 0 Å². The SMILES string of the molecule is CCc1cc(CO)c(O)c2c1C[C@H]1C[C@H]3CC(O)=C(C(C)=O)C(=O)[C@@]3(O)C(O)=C1C2=O. The zero-order valence-corrected chi connectivity index (χ0v) is 17.2. The molecule has 8 heteroatoms. The average Bonchev–Trinajstić information content (AvgIpc) is 2.70. The summed E-state index contributed by atoms with van der Waals surface area (Å²) in [6.45, 7) is 2.47. The van der Waals surface area contributed by atoms with Crippen LogP contribution in [0.4, 0.5) is 0 Å². The maximum atomic E-state index is 13.4. The molecule has 5 N–H and O–H groups in total. The zero-order valence-electron chi connectivity index (χ0n) is 17.2. The van der Waals surface area contributed by atoms with Crippen molar-refractivity contribution in [1.29, 1.82) is 0 Å². The molecule has 0 aliphatic heterocycles. The van der Waals surface area contributed by atoms with Gasteiger partial charge in [-0.15, -0.1) is 0 Å². The van der Waals surface area contributed by atoms with Gasteiger partial charge in [0.25, 0.3) is 0 Å². The Morgan fingerprint density at radius 2 is 1.84 bits per heavy atom. The van der Waals surface area contributed by atoms with Gasteiger partial charge in [0.2, 0.25) is 5.78 Å². The summed E-state index contributed by atoms with van der Waals surface area (Å²) in [4.78, 5) is 38.2. The number of hydrogen-bond acceptors (Lipinski definition) is 8. The third kappa shape index (κ3) is 2.71. The lowest BCUT2D eigenvalue weighted by atomic mass is 9.59. The second-order valence-corrected chi connectivity index (χ2v) is 8.51. The molecule has 0 bridgehead atoms. The van der Waals surface area contributed by atoms with Crippen molar-refractivity contribution in [2.24, 2.45) is 11.8 Å². The van der Waals surface area contributed by atoms with E-state index < -0.39 is 58.5 Å². The Labute approximate surface area is 178 Å². The number of aliphatic hydroxyl groups is 4. The molecule has 1 aromatic carbocycles. The Morgan fingerprint density at radius 1 is 1.16 bits per heavy atom. The van der Waals surface area contributed by atoms with E-state index in [1.165, 1.54) is 0 Å². The Balaban J connectivity index is 1.93. The summed E-state index contributed by atoms with van der Waals surface area (Å²) in [5.41, 5.74) is -1.72. The summed E-state index contributed by atoms with van der Waals surface area (Å²) < 4.78 is 0. The predicted molar refractivity (Wildman–Crippen MR) is 108 cm³/mol. The summed E-state index contributed by atoms with van der Waals surface area (Å²) >= 11 is 0. The van der Waals surface area contributed by atoms with E-state index >= 15 is 0 Å².